The molecule has 0 aliphatic heterocycles. The Morgan fingerprint density at radius 1 is 1.28 bits per heavy atom. The first-order valence-corrected chi connectivity index (χ1v) is 5.57. The van der Waals surface area contributed by atoms with Gasteiger partial charge in [0.05, 0.1) is 24.3 Å². The molecule has 1 N–H and O–H groups in total. The van der Waals surface area contributed by atoms with Gasteiger partial charge in [-0.05, 0) is 12.1 Å². The molecule has 1 aromatic rings. The number of rotatable bonds is 3. The molecule has 18 heavy (non-hydrogen) atoms. The first-order chi connectivity index (χ1) is 8.13. The Bertz CT molecular complexity index is 442. The summed E-state index contributed by atoms with van der Waals surface area (Å²) < 4.78 is 43.2. The van der Waals surface area contributed by atoms with Crippen molar-refractivity contribution in [1.82, 2.24) is 0 Å². The van der Waals surface area contributed by atoms with Gasteiger partial charge in [-0.3, -0.25) is 0 Å². The number of halogens is 4. The molecule has 0 atom stereocenters. The highest BCUT2D eigenvalue weighted by molar-refractivity contribution is 6.32. The Balaban J connectivity index is 3.52. The van der Waals surface area contributed by atoms with Crippen molar-refractivity contribution in [1.29, 1.82) is 0 Å². The molecule has 0 fully saturated rings. The van der Waals surface area contributed by atoms with Crippen LogP contribution in [0.5, 0.6) is 5.75 Å². The average molecular weight is 283 g/mol. The van der Waals surface area contributed by atoms with Crippen molar-refractivity contribution in [2.45, 2.75) is 25.4 Å². The lowest BCUT2D eigenvalue weighted by Crippen LogP contribution is -2.24. The van der Waals surface area contributed by atoms with Gasteiger partial charge in [-0.15, -0.1) is 0 Å². The number of benzene rings is 1. The van der Waals surface area contributed by atoms with Crippen molar-refractivity contribution >= 4 is 11.6 Å². The van der Waals surface area contributed by atoms with Gasteiger partial charge in [-0.25, -0.2) is 0 Å². The second-order valence-electron chi connectivity index (χ2n) is 4.58. The van der Waals surface area contributed by atoms with Gasteiger partial charge in [-0.1, -0.05) is 25.4 Å². The predicted octanol–water partition coefficient (Wildman–Crippen LogP) is 3.64. The third kappa shape index (κ3) is 2.90. The van der Waals surface area contributed by atoms with Crippen molar-refractivity contribution in [2.75, 3.05) is 13.7 Å². The van der Waals surface area contributed by atoms with Gasteiger partial charge in [0.25, 0.3) is 0 Å². The standard InChI is InChI=1S/C12H14ClF3O2/c1-11(2,6-17)8-4-7(12(14,15)16)5-9(13)10(8)18-3/h4-5,17H,6H2,1-3H3. The molecule has 0 bridgehead atoms. The smallest absolute Gasteiger partial charge is 0.416 e. The number of alkyl halides is 3. The number of hydrogen-bond donors (Lipinski definition) is 1. The van der Waals surface area contributed by atoms with Gasteiger partial charge in [0.1, 0.15) is 5.75 Å². The molecule has 0 radical (unpaired) electrons. The largest absolute Gasteiger partial charge is 0.495 e. The molecule has 0 unspecified atom stereocenters. The summed E-state index contributed by atoms with van der Waals surface area (Å²) in [4.78, 5) is 0. The van der Waals surface area contributed by atoms with E-state index in [9.17, 15) is 18.3 Å². The van der Waals surface area contributed by atoms with Crippen molar-refractivity contribution in [3.63, 3.8) is 0 Å². The third-order valence-electron chi connectivity index (χ3n) is 2.70. The van der Waals surface area contributed by atoms with Crippen LogP contribution in [-0.4, -0.2) is 18.8 Å². The zero-order valence-corrected chi connectivity index (χ0v) is 11.0. The second-order valence-corrected chi connectivity index (χ2v) is 4.99. The minimum absolute atomic E-state index is 0.121. The fraction of sp³-hybridized carbons (Fsp3) is 0.500. The zero-order valence-electron chi connectivity index (χ0n) is 10.2. The first kappa shape index (κ1) is 15.1. The molecule has 0 saturated heterocycles. The van der Waals surface area contributed by atoms with Crippen molar-refractivity contribution in [2.24, 2.45) is 0 Å². The van der Waals surface area contributed by atoms with Crippen molar-refractivity contribution < 1.29 is 23.0 Å². The topological polar surface area (TPSA) is 29.5 Å². The molecule has 0 spiro atoms. The Morgan fingerprint density at radius 3 is 2.22 bits per heavy atom. The van der Waals surface area contributed by atoms with Crippen LogP contribution in [0.2, 0.25) is 5.02 Å². The molecular weight excluding hydrogens is 269 g/mol. The number of aliphatic hydroxyl groups excluding tert-OH is 1. The van der Waals surface area contributed by atoms with Gasteiger partial charge in [0.2, 0.25) is 0 Å². The monoisotopic (exact) mass is 282 g/mol. The third-order valence-corrected chi connectivity index (χ3v) is 2.98. The van der Waals surface area contributed by atoms with Crippen LogP contribution in [0.15, 0.2) is 12.1 Å². The van der Waals surface area contributed by atoms with Crippen LogP contribution >= 0.6 is 11.6 Å². The van der Waals surface area contributed by atoms with E-state index in [-0.39, 0.29) is 22.9 Å². The number of methoxy groups -OCH3 is 1. The summed E-state index contributed by atoms with van der Waals surface area (Å²) in [6, 6.07) is 1.78. The fourth-order valence-electron chi connectivity index (χ4n) is 1.55. The van der Waals surface area contributed by atoms with Gasteiger partial charge in [0.15, 0.2) is 0 Å². The highest BCUT2D eigenvalue weighted by Crippen LogP contribution is 2.41. The molecule has 1 rings (SSSR count). The van der Waals surface area contributed by atoms with E-state index in [2.05, 4.69) is 0 Å². The minimum atomic E-state index is -4.49. The van der Waals surface area contributed by atoms with E-state index >= 15 is 0 Å². The minimum Gasteiger partial charge on any atom is -0.495 e. The highest BCUT2D eigenvalue weighted by atomic mass is 35.5. The summed E-state index contributed by atoms with van der Waals surface area (Å²) in [6.45, 7) is 2.91. The Labute approximate surface area is 108 Å². The fourth-order valence-corrected chi connectivity index (χ4v) is 1.85. The van der Waals surface area contributed by atoms with E-state index in [0.29, 0.717) is 0 Å². The quantitative estimate of drug-likeness (QED) is 0.917. The number of aliphatic hydroxyl groups is 1. The van der Waals surface area contributed by atoms with E-state index in [4.69, 9.17) is 16.3 Å². The van der Waals surface area contributed by atoms with Crippen LogP contribution in [0.4, 0.5) is 13.2 Å². The van der Waals surface area contributed by atoms with Crippen LogP contribution in [-0.2, 0) is 11.6 Å². The Hall–Kier alpha value is -0.940. The maximum absolute atomic E-state index is 12.7. The van der Waals surface area contributed by atoms with Crippen molar-refractivity contribution in [3.8, 4) is 5.75 Å². The summed E-state index contributed by atoms with van der Waals surface area (Å²) in [5, 5.41) is 9.15. The maximum Gasteiger partial charge on any atom is 0.416 e. The average Bonchev–Trinajstić information content (AvgIpc) is 2.26. The van der Waals surface area contributed by atoms with E-state index in [1.165, 1.54) is 7.11 Å². The molecule has 0 aromatic heterocycles. The normalized spacial score (nSPS) is 12.7. The lowest BCUT2D eigenvalue weighted by Gasteiger charge is -2.26. The summed E-state index contributed by atoms with van der Waals surface area (Å²) in [7, 11) is 1.32. The molecule has 0 saturated carbocycles. The summed E-state index contributed by atoms with van der Waals surface area (Å²) in [6.07, 6.45) is -4.49. The van der Waals surface area contributed by atoms with Gasteiger partial charge in [-0.2, -0.15) is 13.2 Å². The number of hydrogen-bond acceptors (Lipinski definition) is 2. The van der Waals surface area contributed by atoms with Gasteiger partial charge >= 0.3 is 6.18 Å². The molecule has 0 heterocycles. The summed E-state index contributed by atoms with van der Waals surface area (Å²) >= 11 is 5.80. The van der Waals surface area contributed by atoms with Crippen LogP contribution in [0.3, 0.4) is 0 Å². The molecule has 6 heteroatoms. The van der Waals surface area contributed by atoms with Crippen LogP contribution < -0.4 is 4.74 Å². The molecule has 102 valence electrons. The zero-order chi connectivity index (χ0) is 14.1. The number of ether oxygens (including phenoxy) is 1. The van der Waals surface area contributed by atoms with E-state index in [1.807, 2.05) is 0 Å². The van der Waals surface area contributed by atoms with Crippen molar-refractivity contribution in [3.05, 3.63) is 28.3 Å². The van der Waals surface area contributed by atoms with Crippen LogP contribution in [0.1, 0.15) is 25.0 Å². The van der Waals surface area contributed by atoms with Gasteiger partial charge in [0, 0.05) is 11.0 Å². The van der Waals surface area contributed by atoms with E-state index in [0.717, 1.165) is 12.1 Å². The van der Waals surface area contributed by atoms with Gasteiger partial charge < -0.3 is 9.84 Å². The summed E-state index contributed by atoms with van der Waals surface area (Å²) in [5.74, 6) is 0.156. The lowest BCUT2D eigenvalue weighted by molar-refractivity contribution is -0.137. The molecular formula is C12H14ClF3O2. The molecule has 1 aromatic carbocycles. The predicted molar refractivity (Wildman–Crippen MR) is 63.1 cm³/mol. The Kier molecular flexibility index (Phi) is 4.18. The molecule has 0 amide bonds. The maximum atomic E-state index is 12.7. The second kappa shape index (κ2) is 4.97. The SMILES string of the molecule is COc1c(Cl)cc(C(F)(F)F)cc1C(C)(C)CO. The molecule has 0 aliphatic rings. The van der Waals surface area contributed by atoms with Crippen LogP contribution in [0, 0.1) is 0 Å². The van der Waals surface area contributed by atoms with Crippen LogP contribution in [0.25, 0.3) is 0 Å². The Morgan fingerprint density at radius 2 is 1.83 bits per heavy atom. The van der Waals surface area contributed by atoms with E-state index in [1.54, 1.807) is 13.8 Å². The summed E-state index contributed by atoms with van der Waals surface area (Å²) in [5.41, 5.74) is -1.51. The molecule has 0 aliphatic carbocycles. The lowest BCUT2D eigenvalue weighted by atomic mass is 9.84. The molecule has 2 nitrogen and oxygen atoms in total. The highest BCUT2D eigenvalue weighted by Gasteiger charge is 2.35. The first-order valence-electron chi connectivity index (χ1n) is 5.19. The van der Waals surface area contributed by atoms with E-state index < -0.39 is 17.2 Å².